The van der Waals surface area contributed by atoms with Crippen LogP contribution in [0.3, 0.4) is 0 Å². The molecule has 6 heteroatoms. The number of benzene rings is 1. The number of esters is 1. The van der Waals surface area contributed by atoms with Gasteiger partial charge in [0.2, 0.25) is 5.75 Å². The van der Waals surface area contributed by atoms with Crippen molar-refractivity contribution in [2.45, 2.75) is 0 Å². The molecule has 0 fully saturated rings. The van der Waals surface area contributed by atoms with E-state index in [-0.39, 0.29) is 17.1 Å². The Morgan fingerprint density at radius 1 is 1.28 bits per heavy atom. The van der Waals surface area contributed by atoms with Crippen LogP contribution in [0.1, 0.15) is 10.4 Å². The molecule has 0 saturated carbocycles. The molecule has 0 aliphatic heterocycles. The first-order chi connectivity index (χ1) is 8.72. The average Bonchev–Trinajstić information content (AvgIpc) is 2.41. The van der Waals surface area contributed by atoms with Gasteiger partial charge in [-0.05, 0) is 12.1 Å². The molecule has 2 rings (SSSR count). The smallest absolute Gasteiger partial charge is 0.341 e. The van der Waals surface area contributed by atoms with E-state index in [2.05, 4.69) is 14.7 Å². The van der Waals surface area contributed by atoms with Crippen molar-refractivity contribution in [3.63, 3.8) is 0 Å². The first kappa shape index (κ1) is 12.0. The third-order valence-electron chi connectivity index (χ3n) is 2.15. The maximum absolute atomic E-state index is 13.3. The number of carbonyl (C=O) groups is 1. The molecule has 92 valence electrons. The summed E-state index contributed by atoms with van der Waals surface area (Å²) in [5, 5.41) is 0. The number of hydrogen-bond donors (Lipinski definition) is 0. The maximum atomic E-state index is 13.3. The zero-order valence-corrected chi connectivity index (χ0v) is 9.46. The summed E-state index contributed by atoms with van der Waals surface area (Å²) < 4.78 is 23.2. The van der Waals surface area contributed by atoms with E-state index in [1.807, 2.05) is 0 Å². The van der Waals surface area contributed by atoms with Crippen LogP contribution in [0.25, 0.3) is 0 Å². The minimum Gasteiger partial charge on any atom is -0.465 e. The predicted molar refractivity (Wildman–Crippen MR) is 59.8 cm³/mol. The van der Waals surface area contributed by atoms with Crippen molar-refractivity contribution < 1.29 is 18.7 Å². The third-order valence-corrected chi connectivity index (χ3v) is 2.15. The van der Waals surface area contributed by atoms with Crippen LogP contribution < -0.4 is 4.74 Å². The standard InChI is InChI=1S/C12H9FN2O3/c1-17-12(16)8-4-2-3-5-9(8)18-10-6-14-7-15-11(10)13/h2-7H,1H3. The Bertz CT molecular complexity index is 575. The molecule has 0 radical (unpaired) electrons. The summed E-state index contributed by atoms with van der Waals surface area (Å²) in [6.45, 7) is 0. The Hall–Kier alpha value is -2.50. The molecule has 2 aromatic rings. The number of aromatic nitrogens is 2. The molecule has 0 bridgehead atoms. The highest BCUT2D eigenvalue weighted by Gasteiger charge is 2.14. The van der Waals surface area contributed by atoms with E-state index in [4.69, 9.17) is 4.74 Å². The minimum absolute atomic E-state index is 0.158. The molecule has 1 aromatic heterocycles. The monoisotopic (exact) mass is 248 g/mol. The average molecular weight is 248 g/mol. The zero-order valence-electron chi connectivity index (χ0n) is 9.46. The van der Waals surface area contributed by atoms with Crippen LogP contribution in [0.15, 0.2) is 36.8 Å². The SMILES string of the molecule is COC(=O)c1ccccc1Oc1cncnc1F. The van der Waals surface area contributed by atoms with Gasteiger partial charge in [0.1, 0.15) is 17.6 Å². The fourth-order valence-electron chi connectivity index (χ4n) is 1.32. The zero-order chi connectivity index (χ0) is 13.0. The topological polar surface area (TPSA) is 61.3 Å². The molecule has 1 heterocycles. The highest BCUT2D eigenvalue weighted by Crippen LogP contribution is 2.26. The van der Waals surface area contributed by atoms with Gasteiger partial charge in [0.05, 0.1) is 13.3 Å². The summed E-state index contributed by atoms with van der Waals surface area (Å²) in [7, 11) is 1.26. The molecule has 0 unspecified atom stereocenters. The lowest BCUT2D eigenvalue weighted by Gasteiger charge is -2.09. The van der Waals surface area contributed by atoms with Gasteiger partial charge in [-0.2, -0.15) is 4.39 Å². The van der Waals surface area contributed by atoms with E-state index >= 15 is 0 Å². The van der Waals surface area contributed by atoms with Crippen molar-refractivity contribution in [3.05, 3.63) is 48.3 Å². The molecule has 0 aliphatic rings. The molecule has 0 amide bonds. The van der Waals surface area contributed by atoms with Crippen LogP contribution in [0, 0.1) is 5.95 Å². The van der Waals surface area contributed by atoms with E-state index in [1.165, 1.54) is 25.4 Å². The van der Waals surface area contributed by atoms with E-state index < -0.39 is 11.9 Å². The maximum Gasteiger partial charge on any atom is 0.341 e. The highest BCUT2D eigenvalue weighted by atomic mass is 19.1. The Labute approximate surface area is 102 Å². The molecular weight excluding hydrogens is 239 g/mol. The van der Waals surface area contributed by atoms with Crippen molar-refractivity contribution in [1.82, 2.24) is 9.97 Å². The second-order valence-electron chi connectivity index (χ2n) is 3.27. The Morgan fingerprint density at radius 2 is 2.06 bits per heavy atom. The Morgan fingerprint density at radius 3 is 2.78 bits per heavy atom. The molecule has 1 aromatic carbocycles. The van der Waals surface area contributed by atoms with Crippen molar-refractivity contribution in [1.29, 1.82) is 0 Å². The fraction of sp³-hybridized carbons (Fsp3) is 0.0833. The summed E-state index contributed by atoms with van der Waals surface area (Å²) >= 11 is 0. The number of carbonyl (C=O) groups excluding carboxylic acids is 1. The second kappa shape index (κ2) is 5.22. The van der Waals surface area contributed by atoms with Crippen LogP contribution in [-0.4, -0.2) is 23.0 Å². The summed E-state index contributed by atoms with van der Waals surface area (Å²) in [6, 6.07) is 6.35. The molecular formula is C12H9FN2O3. The predicted octanol–water partition coefficient (Wildman–Crippen LogP) is 2.19. The molecule has 0 spiro atoms. The van der Waals surface area contributed by atoms with Crippen molar-refractivity contribution in [3.8, 4) is 11.5 Å². The number of halogens is 1. The molecule has 0 N–H and O–H groups in total. The number of nitrogens with zero attached hydrogens (tertiary/aromatic N) is 2. The van der Waals surface area contributed by atoms with Gasteiger partial charge in [-0.3, -0.25) is 0 Å². The number of rotatable bonds is 3. The first-order valence-electron chi connectivity index (χ1n) is 5.03. The fourth-order valence-corrected chi connectivity index (χ4v) is 1.32. The van der Waals surface area contributed by atoms with Crippen LogP contribution in [0.5, 0.6) is 11.5 Å². The van der Waals surface area contributed by atoms with Gasteiger partial charge in [-0.25, -0.2) is 14.8 Å². The minimum atomic E-state index is -0.801. The normalized spacial score (nSPS) is 9.89. The van der Waals surface area contributed by atoms with Crippen LogP contribution in [0.2, 0.25) is 0 Å². The van der Waals surface area contributed by atoms with Crippen molar-refractivity contribution in [2.24, 2.45) is 0 Å². The second-order valence-corrected chi connectivity index (χ2v) is 3.27. The third kappa shape index (κ3) is 2.42. The lowest BCUT2D eigenvalue weighted by atomic mass is 10.2. The summed E-state index contributed by atoms with van der Waals surface area (Å²) in [6.07, 6.45) is 2.24. The largest absolute Gasteiger partial charge is 0.465 e. The molecule has 18 heavy (non-hydrogen) atoms. The van der Waals surface area contributed by atoms with Gasteiger partial charge >= 0.3 is 5.97 Å². The molecule has 0 saturated heterocycles. The first-order valence-corrected chi connectivity index (χ1v) is 5.03. The van der Waals surface area contributed by atoms with Gasteiger partial charge in [-0.15, -0.1) is 0 Å². The lowest BCUT2D eigenvalue weighted by Crippen LogP contribution is -2.04. The quantitative estimate of drug-likeness (QED) is 0.615. The summed E-state index contributed by atoms with van der Waals surface area (Å²) in [4.78, 5) is 18.5. The molecule has 5 nitrogen and oxygen atoms in total. The van der Waals surface area contributed by atoms with E-state index in [0.29, 0.717) is 0 Å². The number of methoxy groups -OCH3 is 1. The van der Waals surface area contributed by atoms with Gasteiger partial charge in [0.25, 0.3) is 5.95 Å². The van der Waals surface area contributed by atoms with Crippen molar-refractivity contribution in [2.75, 3.05) is 7.11 Å². The Balaban J connectivity index is 2.35. The lowest BCUT2D eigenvalue weighted by molar-refractivity contribution is 0.0597. The van der Waals surface area contributed by atoms with E-state index in [9.17, 15) is 9.18 Å². The number of ether oxygens (including phenoxy) is 2. The summed E-state index contributed by atoms with van der Waals surface area (Å²) in [5.41, 5.74) is 0.197. The van der Waals surface area contributed by atoms with E-state index in [1.54, 1.807) is 12.1 Å². The van der Waals surface area contributed by atoms with Gasteiger partial charge in [0.15, 0.2) is 0 Å². The van der Waals surface area contributed by atoms with Crippen LogP contribution in [-0.2, 0) is 4.74 Å². The van der Waals surface area contributed by atoms with Gasteiger partial charge < -0.3 is 9.47 Å². The summed E-state index contributed by atoms with van der Waals surface area (Å²) in [5.74, 6) is -1.35. The molecule has 0 aliphatic carbocycles. The van der Waals surface area contributed by atoms with Crippen molar-refractivity contribution >= 4 is 5.97 Å². The Kier molecular flexibility index (Phi) is 3.47. The van der Waals surface area contributed by atoms with Crippen LogP contribution >= 0.6 is 0 Å². The molecule has 0 atom stereocenters. The number of hydrogen-bond acceptors (Lipinski definition) is 5. The van der Waals surface area contributed by atoms with Crippen LogP contribution in [0.4, 0.5) is 4.39 Å². The number of para-hydroxylation sites is 1. The van der Waals surface area contributed by atoms with Gasteiger partial charge in [-0.1, -0.05) is 12.1 Å². The highest BCUT2D eigenvalue weighted by molar-refractivity contribution is 5.92. The van der Waals surface area contributed by atoms with E-state index in [0.717, 1.165) is 6.33 Å². The van der Waals surface area contributed by atoms with Gasteiger partial charge in [0, 0.05) is 0 Å².